The van der Waals surface area contributed by atoms with Gasteiger partial charge in [-0.1, -0.05) is 164 Å². The topological polar surface area (TPSA) is 65.0 Å². The molecule has 15 aromatic rings. The van der Waals surface area contributed by atoms with E-state index in [-0.39, 0.29) is 0 Å². The van der Waals surface area contributed by atoms with Crippen molar-refractivity contribution in [3.63, 3.8) is 0 Å². The van der Waals surface area contributed by atoms with Crippen LogP contribution in [0.3, 0.4) is 0 Å². The van der Waals surface area contributed by atoms with E-state index in [0.29, 0.717) is 17.5 Å². The highest BCUT2D eigenvalue weighted by Crippen LogP contribution is 2.46. The van der Waals surface area contributed by atoms with Crippen LogP contribution in [0.2, 0.25) is 0 Å². The van der Waals surface area contributed by atoms with Gasteiger partial charge in [0.25, 0.3) is 0 Å². The minimum Gasteiger partial charge on any atom is -0.456 e. The van der Waals surface area contributed by atoms with Crippen LogP contribution >= 0.6 is 11.3 Å². The van der Waals surface area contributed by atoms with E-state index in [2.05, 4.69) is 176 Å². The highest BCUT2D eigenvalue weighted by molar-refractivity contribution is 7.25. The lowest BCUT2D eigenvalue weighted by molar-refractivity contribution is 0.669. The van der Waals surface area contributed by atoms with Gasteiger partial charge in [-0.05, 0) is 97.5 Å². The van der Waals surface area contributed by atoms with Crippen molar-refractivity contribution in [3.8, 4) is 56.4 Å². The molecule has 0 amide bonds. The van der Waals surface area contributed by atoms with E-state index in [1.54, 1.807) is 0 Å². The average Bonchev–Trinajstić information content (AvgIpc) is 4.12. The molecule has 0 aliphatic heterocycles. The summed E-state index contributed by atoms with van der Waals surface area (Å²) in [7, 11) is 0. The largest absolute Gasteiger partial charge is 0.456 e. The quantitative estimate of drug-likeness (QED) is 0.161. The lowest BCUT2D eigenvalue weighted by Gasteiger charge is -2.13. The predicted octanol–water partition coefficient (Wildman–Crippen LogP) is 17.8. The Hall–Kier alpha value is -8.97. The maximum absolute atomic E-state index is 6.81. The van der Waals surface area contributed by atoms with E-state index in [9.17, 15) is 0 Å². The first-order valence-electron chi connectivity index (χ1n) is 23.2. The molecular weight excluding hydrogens is 863 g/mol. The van der Waals surface area contributed by atoms with Gasteiger partial charge in [-0.3, -0.25) is 0 Å². The molecule has 320 valence electrons. The first kappa shape index (κ1) is 38.2. The van der Waals surface area contributed by atoms with Crippen molar-refractivity contribution in [1.82, 2.24) is 15.0 Å². The molecular formula is C63H35N3O2S. The molecule has 6 heteroatoms. The molecule has 11 aromatic carbocycles. The Kier molecular flexibility index (Phi) is 8.17. The smallest absolute Gasteiger partial charge is 0.164 e. The fraction of sp³-hybridized carbons (Fsp3) is 0. The van der Waals surface area contributed by atoms with Crippen LogP contribution < -0.4 is 0 Å². The van der Waals surface area contributed by atoms with E-state index in [0.717, 1.165) is 88.2 Å². The summed E-state index contributed by atoms with van der Waals surface area (Å²) < 4.78 is 16.0. The molecule has 0 bridgehead atoms. The van der Waals surface area contributed by atoms with Gasteiger partial charge in [0, 0.05) is 64.0 Å². The number of para-hydroxylation sites is 1. The molecule has 0 fully saturated rings. The third-order valence-electron chi connectivity index (χ3n) is 13.9. The molecule has 0 saturated heterocycles. The van der Waals surface area contributed by atoms with Gasteiger partial charge in [0.2, 0.25) is 0 Å². The van der Waals surface area contributed by atoms with E-state index in [1.807, 2.05) is 47.7 Å². The number of benzene rings is 11. The minimum atomic E-state index is 0.573. The normalized spacial score (nSPS) is 12.1. The summed E-state index contributed by atoms with van der Waals surface area (Å²) in [5.74, 6) is 1.78. The lowest BCUT2D eigenvalue weighted by Crippen LogP contribution is -2.00. The second-order valence-corrected chi connectivity index (χ2v) is 18.9. The molecule has 0 N–H and O–H groups in total. The Morgan fingerprint density at radius 2 is 0.826 bits per heavy atom. The summed E-state index contributed by atoms with van der Waals surface area (Å²) in [5.41, 5.74) is 10.3. The molecule has 0 atom stereocenters. The summed E-state index contributed by atoms with van der Waals surface area (Å²) >= 11 is 1.83. The van der Waals surface area contributed by atoms with Gasteiger partial charge in [0.05, 0.1) is 0 Å². The molecule has 0 saturated carbocycles. The minimum absolute atomic E-state index is 0.573. The van der Waals surface area contributed by atoms with Crippen molar-refractivity contribution in [1.29, 1.82) is 0 Å². The average molecular weight is 898 g/mol. The molecule has 0 radical (unpaired) electrons. The summed E-state index contributed by atoms with van der Waals surface area (Å²) in [4.78, 5) is 15.7. The summed E-state index contributed by atoms with van der Waals surface area (Å²) in [6.07, 6.45) is 0. The van der Waals surface area contributed by atoms with Crippen molar-refractivity contribution in [3.05, 3.63) is 212 Å². The Balaban J connectivity index is 0.918. The number of rotatable bonds is 5. The second kappa shape index (κ2) is 14.8. The van der Waals surface area contributed by atoms with Gasteiger partial charge in [0.1, 0.15) is 22.3 Å². The fourth-order valence-electron chi connectivity index (χ4n) is 10.8. The molecule has 0 unspecified atom stereocenters. The SMILES string of the molecule is c1ccc(-c2nc(-c3ccc4c5ccccc5c5ccccc5c4c3)nc(-c3cccc4oc5ccc(-c6ccc(-c7ccc8c(c7)sc7ccccc78)c7oc8ccccc8c67)cc5c34)n2)cc1. The van der Waals surface area contributed by atoms with Crippen molar-refractivity contribution in [2.45, 2.75) is 0 Å². The van der Waals surface area contributed by atoms with E-state index < -0.39 is 0 Å². The van der Waals surface area contributed by atoms with Gasteiger partial charge < -0.3 is 8.83 Å². The van der Waals surface area contributed by atoms with Crippen molar-refractivity contribution >= 4 is 108 Å². The van der Waals surface area contributed by atoms with Crippen molar-refractivity contribution in [2.75, 3.05) is 0 Å². The monoisotopic (exact) mass is 897 g/mol. The van der Waals surface area contributed by atoms with Crippen LogP contribution in [-0.2, 0) is 0 Å². The van der Waals surface area contributed by atoms with Crippen LogP contribution in [0.4, 0.5) is 0 Å². The number of fused-ring (bicyclic) bond motifs is 15. The van der Waals surface area contributed by atoms with Gasteiger partial charge >= 0.3 is 0 Å². The van der Waals surface area contributed by atoms with Crippen LogP contribution in [0.5, 0.6) is 0 Å². The van der Waals surface area contributed by atoms with Gasteiger partial charge in [-0.2, -0.15) is 0 Å². The summed E-state index contributed by atoms with van der Waals surface area (Å²) in [6, 6.07) is 75.0. The van der Waals surface area contributed by atoms with E-state index >= 15 is 0 Å². The van der Waals surface area contributed by atoms with Crippen LogP contribution in [0.15, 0.2) is 221 Å². The maximum Gasteiger partial charge on any atom is 0.164 e. The van der Waals surface area contributed by atoms with Gasteiger partial charge in [-0.25, -0.2) is 15.0 Å². The van der Waals surface area contributed by atoms with Crippen LogP contribution in [0.25, 0.3) is 153 Å². The summed E-state index contributed by atoms with van der Waals surface area (Å²) in [5, 5.41) is 13.9. The number of hydrogen-bond donors (Lipinski definition) is 0. The fourth-order valence-corrected chi connectivity index (χ4v) is 11.9. The number of aromatic nitrogens is 3. The number of thiophene rings is 1. The molecule has 5 nitrogen and oxygen atoms in total. The van der Waals surface area contributed by atoms with Crippen LogP contribution in [0.1, 0.15) is 0 Å². The van der Waals surface area contributed by atoms with Gasteiger partial charge in [-0.15, -0.1) is 11.3 Å². The molecule has 4 heterocycles. The zero-order valence-electron chi connectivity index (χ0n) is 36.8. The zero-order valence-corrected chi connectivity index (χ0v) is 37.6. The highest BCUT2D eigenvalue weighted by Gasteiger charge is 2.22. The van der Waals surface area contributed by atoms with Gasteiger partial charge in [0.15, 0.2) is 17.5 Å². The predicted molar refractivity (Wildman–Crippen MR) is 287 cm³/mol. The Labute approximate surface area is 398 Å². The Morgan fingerprint density at radius 3 is 1.64 bits per heavy atom. The Bertz CT molecular complexity index is 4590. The molecule has 0 spiro atoms. The van der Waals surface area contributed by atoms with Crippen molar-refractivity contribution < 1.29 is 8.83 Å². The third-order valence-corrected chi connectivity index (χ3v) is 15.1. The number of furan rings is 2. The lowest BCUT2D eigenvalue weighted by atomic mass is 9.93. The molecule has 0 aliphatic rings. The maximum atomic E-state index is 6.81. The number of nitrogens with zero attached hydrogens (tertiary/aromatic N) is 3. The summed E-state index contributed by atoms with van der Waals surface area (Å²) in [6.45, 7) is 0. The number of hydrogen-bond acceptors (Lipinski definition) is 6. The standard InChI is InChI=1S/C63H35N3O2S/c1-2-13-36(14-3-1)61-64-62(39-26-28-46-44-17-5-4-15-42(44)43-16-6-7-18-45(43)51(46)34-39)66-63(65-61)50-21-12-23-55-58(50)52-33-37(27-32-54(52)67-55)40-30-31-41(60-59(40)49-20-8-10-22-53(49)68-60)38-25-29-48-47-19-9-11-24-56(47)69-57(48)35-38/h1-35H. The molecule has 4 aromatic heterocycles. The first-order valence-corrected chi connectivity index (χ1v) is 24.0. The van der Waals surface area contributed by atoms with Crippen LogP contribution in [0, 0.1) is 0 Å². The van der Waals surface area contributed by atoms with Crippen LogP contribution in [-0.4, -0.2) is 15.0 Å². The third kappa shape index (κ3) is 5.86. The van der Waals surface area contributed by atoms with E-state index in [1.165, 1.54) is 47.1 Å². The highest BCUT2D eigenvalue weighted by atomic mass is 32.1. The Morgan fingerprint density at radius 1 is 0.275 bits per heavy atom. The van der Waals surface area contributed by atoms with Crippen molar-refractivity contribution in [2.24, 2.45) is 0 Å². The molecule has 0 aliphatic carbocycles. The molecule has 69 heavy (non-hydrogen) atoms. The van der Waals surface area contributed by atoms with E-state index in [4.69, 9.17) is 23.8 Å². The second-order valence-electron chi connectivity index (χ2n) is 17.8. The molecule has 15 rings (SSSR count). The first-order chi connectivity index (χ1) is 34.2. The zero-order chi connectivity index (χ0) is 45.2.